The molecule has 1 aromatic rings. The first-order valence-electron chi connectivity index (χ1n) is 5.51. The second-order valence-electron chi connectivity index (χ2n) is 4.18. The van der Waals surface area contributed by atoms with Gasteiger partial charge >= 0.3 is 0 Å². The molecule has 84 valence electrons. The zero-order valence-corrected chi connectivity index (χ0v) is 9.92. The van der Waals surface area contributed by atoms with Crippen LogP contribution in [0.5, 0.6) is 5.75 Å². The molecule has 0 aliphatic rings. The molecular formula is C13H21NO. The lowest BCUT2D eigenvalue weighted by atomic mass is 9.77. The van der Waals surface area contributed by atoms with E-state index in [0.29, 0.717) is 0 Å². The highest BCUT2D eigenvalue weighted by Crippen LogP contribution is 2.32. The molecular weight excluding hydrogens is 186 g/mol. The summed E-state index contributed by atoms with van der Waals surface area (Å²) >= 11 is 0. The second kappa shape index (κ2) is 5.17. The van der Waals surface area contributed by atoms with E-state index in [2.05, 4.69) is 26.0 Å². The highest BCUT2D eigenvalue weighted by Gasteiger charge is 2.23. The Labute approximate surface area is 92.4 Å². The third kappa shape index (κ3) is 2.72. The van der Waals surface area contributed by atoms with E-state index in [4.69, 9.17) is 10.5 Å². The minimum Gasteiger partial charge on any atom is -0.497 e. The van der Waals surface area contributed by atoms with Crippen molar-refractivity contribution in [1.29, 1.82) is 0 Å². The third-order valence-electron chi connectivity index (χ3n) is 3.24. The van der Waals surface area contributed by atoms with E-state index in [0.717, 1.165) is 25.1 Å². The molecule has 0 aromatic heterocycles. The first kappa shape index (κ1) is 12.1. The maximum absolute atomic E-state index is 5.67. The van der Waals surface area contributed by atoms with Crippen molar-refractivity contribution in [2.75, 3.05) is 13.7 Å². The molecule has 0 aliphatic carbocycles. The molecule has 2 heteroatoms. The highest BCUT2D eigenvalue weighted by molar-refractivity contribution is 5.33. The Hall–Kier alpha value is -1.02. The Kier molecular flexibility index (Phi) is 4.15. The van der Waals surface area contributed by atoms with Crippen LogP contribution in [0.25, 0.3) is 0 Å². The molecule has 1 atom stereocenters. The highest BCUT2D eigenvalue weighted by atomic mass is 16.5. The van der Waals surface area contributed by atoms with Crippen LogP contribution in [0.1, 0.15) is 32.3 Å². The molecule has 2 nitrogen and oxygen atoms in total. The van der Waals surface area contributed by atoms with Crippen molar-refractivity contribution in [1.82, 2.24) is 0 Å². The Bertz CT molecular complexity index is 311. The average Bonchev–Trinajstić information content (AvgIpc) is 2.29. The van der Waals surface area contributed by atoms with Crippen LogP contribution >= 0.6 is 0 Å². The van der Waals surface area contributed by atoms with Gasteiger partial charge in [0.2, 0.25) is 0 Å². The van der Waals surface area contributed by atoms with Gasteiger partial charge in [0.05, 0.1) is 7.11 Å². The van der Waals surface area contributed by atoms with Gasteiger partial charge in [-0.25, -0.2) is 0 Å². The molecule has 0 heterocycles. The normalized spacial score (nSPS) is 14.7. The first-order chi connectivity index (χ1) is 7.16. The first-order valence-corrected chi connectivity index (χ1v) is 5.51. The molecule has 0 fully saturated rings. The maximum atomic E-state index is 5.67. The minimum atomic E-state index is 0.170. The van der Waals surface area contributed by atoms with Gasteiger partial charge in [-0.2, -0.15) is 0 Å². The molecule has 15 heavy (non-hydrogen) atoms. The van der Waals surface area contributed by atoms with Crippen molar-refractivity contribution < 1.29 is 4.74 Å². The molecule has 1 aromatic carbocycles. The van der Waals surface area contributed by atoms with Crippen LogP contribution < -0.4 is 10.5 Å². The molecule has 0 bridgehead atoms. The number of hydrogen-bond acceptors (Lipinski definition) is 2. The van der Waals surface area contributed by atoms with Crippen LogP contribution in [0.2, 0.25) is 0 Å². The predicted octanol–water partition coefficient (Wildman–Crippen LogP) is 2.71. The van der Waals surface area contributed by atoms with E-state index >= 15 is 0 Å². The van der Waals surface area contributed by atoms with Crippen LogP contribution in [0, 0.1) is 0 Å². The zero-order chi connectivity index (χ0) is 11.3. The molecule has 2 N–H and O–H groups in total. The Morgan fingerprint density at radius 1 is 1.40 bits per heavy atom. The van der Waals surface area contributed by atoms with Gasteiger partial charge in [-0.05, 0) is 42.5 Å². The Morgan fingerprint density at radius 3 is 2.67 bits per heavy atom. The molecule has 0 spiro atoms. The lowest BCUT2D eigenvalue weighted by molar-refractivity contribution is 0.402. The van der Waals surface area contributed by atoms with Gasteiger partial charge < -0.3 is 10.5 Å². The van der Waals surface area contributed by atoms with E-state index in [1.54, 1.807) is 7.11 Å². The van der Waals surface area contributed by atoms with Crippen molar-refractivity contribution in [3.05, 3.63) is 29.8 Å². The van der Waals surface area contributed by atoms with Crippen molar-refractivity contribution in [3.63, 3.8) is 0 Å². The lowest BCUT2D eigenvalue weighted by Crippen LogP contribution is -2.24. The molecule has 0 amide bonds. The van der Waals surface area contributed by atoms with Crippen LogP contribution in [0.3, 0.4) is 0 Å². The molecule has 1 unspecified atom stereocenters. The average molecular weight is 207 g/mol. The van der Waals surface area contributed by atoms with Crippen molar-refractivity contribution in [2.45, 2.75) is 32.1 Å². The fourth-order valence-electron chi connectivity index (χ4n) is 1.84. The van der Waals surface area contributed by atoms with Gasteiger partial charge in [0.15, 0.2) is 0 Å². The SMILES string of the molecule is CCC(C)(CCN)c1cccc(OC)c1. The van der Waals surface area contributed by atoms with Gasteiger partial charge in [0.1, 0.15) is 5.75 Å². The molecule has 0 aliphatic heterocycles. The summed E-state index contributed by atoms with van der Waals surface area (Å²) in [7, 11) is 1.70. The number of nitrogens with two attached hydrogens (primary N) is 1. The fourth-order valence-corrected chi connectivity index (χ4v) is 1.84. The summed E-state index contributed by atoms with van der Waals surface area (Å²) in [6, 6.07) is 8.28. The van der Waals surface area contributed by atoms with Gasteiger partial charge in [-0.3, -0.25) is 0 Å². The fraction of sp³-hybridized carbons (Fsp3) is 0.538. The summed E-state index contributed by atoms with van der Waals surface area (Å²) < 4.78 is 5.24. The van der Waals surface area contributed by atoms with Crippen LogP contribution in [0.15, 0.2) is 24.3 Å². The van der Waals surface area contributed by atoms with Gasteiger partial charge in [0, 0.05) is 0 Å². The van der Waals surface area contributed by atoms with E-state index in [-0.39, 0.29) is 5.41 Å². The molecule has 0 radical (unpaired) electrons. The van der Waals surface area contributed by atoms with Gasteiger partial charge in [-0.1, -0.05) is 26.0 Å². The summed E-state index contributed by atoms with van der Waals surface area (Å²) in [6.45, 7) is 5.19. The topological polar surface area (TPSA) is 35.2 Å². The molecule has 0 saturated heterocycles. The molecule has 0 saturated carbocycles. The monoisotopic (exact) mass is 207 g/mol. The van der Waals surface area contributed by atoms with Crippen molar-refractivity contribution in [3.8, 4) is 5.75 Å². The number of methoxy groups -OCH3 is 1. The van der Waals surface area contributed by atoms with E-state index < -0.39 is 0 Å². The van der Waals surface area contributed by atoms with Crippen LogP contribution in [-0.4, -0.2) is 13.7 Å². The largest absolute Gasteiger partial charge is 0.497 e. The number of ether oxygens (including phenoxy) is 1. The predicted molar refractivity (Wildman–Crippen MR) is 64.3 cm³/mol. The lowest BCUT2D eigenvalue weighted by Gasteiger charge is -2.28. The Morgan fingerprint density at radius 2 is 2.13 bits per heavy atom. The number of rotatable bonds is 5. The summed E-state index contributed by atoms with van der Waals surface area (Å²) in [4.78, 5) is 0. The van der Waals surface area contributed by atoms with Crippen LogP contribution in [-0.2, 0) is 5.41 Å². The Balaban J connectivity index is 3.00. The zero-order valence-electron chi connectivity index (χ0n) is 9.92. The molecule has 1 rings (SSSR count). The second-order valence-corrected chi connectivity index (χ2v) is 4.18. The van der Waals surface area contributed by atoms with Gasteiger partial charge in [-0.15, -0.1) is 0 Å². The summed E-state index contributed by atoms with van der Waals surface area (Å²) in [5.74, 6) is 0.921. The van der Waals surface area contributed by atoms with E-state index in [9.17, 15) is 0 Å². The number of hydrogen-bond donors (Lipinski definition) is 1. The van der Waals surface area contributed by atoms with Gasteiger partial charge in [0.25, 0.3) is 0 Å². The maximum Gasteiger partial charge on any atom is 0.119 e. The summed E-state index contributed by atoms with van der Waals surface area (Å²) in [6.07, 6.45) is 2.11. The third-order valence-corrected chi connectivity index (χ3v) is 3.24. The standard InChI is InChI=1S/C13H21NO/c1-4-13(2,8-9-14)11-6-5-7-12(10-11)15-3/h5-7,10H,4,8-9,14H2,1-3H3. The van der Waals surface area contributed by atoms with Crippen LogP contribution in [0.4, 0.5) is 0 Å². The summed E-state index contributed by atoms with van der Waals surface area (Å²) in [5, 5.41) is 0. The van der Waals surface area contributed by atoms with Crippen molar-refractivity contribution >= 4 is 0 Å². The van der Waals surface area contributed by atoms with E-state index in [1.807, 2.05) is 12.1 Å². The summed E-state index contributed by atoms with van der Waals surface area (Å²) in [5.41, 5.74) is 7.15. The van der Waals surface area contributed by atoms with E-state index in [1.165, 1.54) is 5.56 Å². The van der Waals surface area contributed by atoms with Crippen molar-refractivity contribution in [2.24, 2.45) is 5.73 Å². The number of benzene rings is 1. The quantitative estimate of drug-likeness (QED) is 0.805. The minimum absolute atomic E-state index is 0.170. The smallest absolute Gasteiger partial charge is 0.119 e.